The molecule has 0 heterocycles. The van der Waals surface area contributed by atoms with Crippen LogP contribution in [0.15, 0.2) is 0 Å². The van der Waals surface area contributed by atoms with Crippen molar-refractivity contribution in [3.05, 3.63) is 0 Å². The highest BCUT2D eigenvalue weighted by Gasteiger charge is 2.42. The van der Waals surface area contributed by atoms with Crippen LogP contribution in [0.5, 0.6) is 0 Å². The van der Waals surface area contributed by atoms with E-state index in [1.165, 1.54) is 25.7 Å². The van der Waals surface area contributed by atoms with Crippen molar-refractivity contribution in [1.29, 1.82) is 0 Å². The van der Waals surface area contributed by atoms with E-state index in [0.717, 1.165) is 23.6 Å². The first-order valence-corrected chi connectivity index (χ1v) is 4.51. The molecule has 2 fully saturated rings. The lowest BCUT2D eigenvalue weighted by atomic mass is 9.68. The van der Waals surface area contributed by atoms with Crippen molar-refractivity contribution in [2.24, 2.45) is 17.8 Å². The maximum absolute atomic E-state index is 5.77. The van der Waals surface area contributed by atoms with Crippen LogP contribution in [-0.4, -0.2) is 5.88 Å². The Labute approximate surface area is 61.6 Å². The molecule has 2 rings (SSSR count). The minimum Gasteiger partial charge on any atom is -0.126 e. The molecule has 9 heavy (non-hydrogen) atoms. The number of halogens is 1. The van der Waals surface area contributed by atoms with Crippen LogP contribution in [0.1, 0.15) is 25.7 Å². The van der Waals surface area contributed by atoms with Gasteiger partial charge in [0.1, 0.15) is 0 Å². The lowest BCUT2D eigenvalue weighted by molar-refractivity contribution is 0.123. The van der Waals surface area contributed by atoms with Gasteiger partial charge in [0.25, 0.3) is 0 Å². The van der Waals surface area contributed by atoms with Gasteiger partial charge in [0.15, 0.2) is 0 Å². The molecule has 0 bridgehead atoms. The van der Waals surface area contributed by atoms with E-state index in [1.54, 1.807) is 0 Å². The lowest BCUT2D eigenvalue weighted by Gasteiger charge is -2.39. The number of rotatable bonds is 1. The van der Waals surface area contributed by atoms with Crippen molar-refractivity contribution in [3.8, 4) is 0 Å². The summed E-state index contributed by atoms with van der Waals surface area (Å²) in [5, 5.41) is 0. The van der Waals surface area contributed by atoms with Crippen LogP contribution in [0.4, 0.5) is 0 Å². The number of hydrogen-bond donors (Lipinski definition) is 0. The molecule has 2 aliphatic carbocycles. The average Bonchev–Trinajstić information content (AvgIpc) is 2.14. The maximum atomic E-state index is 5.77. The molecule has 0 aromatic carbocycles. The normalized spacial score (nSPS) is 48.3. The molecule has 2 saturated carbocycles. The fraction of sp³-hybridized carbons (Fsp3) is 1.00. The van der Waals surface area contributed by atoms with Gasteiger partial charge in [-0.25, -0.2) is 0 Å². The fourth-order valence-electron chi connectivity index (χ4n) is 2.52. The molecule has 0 aromatic heterocycles. The molecule has 0 aliphatic heterocycles. The van der Waals surface area contributed by atoms with Gasteiger partial charge in [-0.15, -0.1) is 11.6 Å². The molecule has 0 saturated heterocycles. The van der Waals surface area contributed by atoms with E-state index in [4.69, 9.17) is 11.6 Å². The van der Waals surface area contributed by atoms with Crippen LogP contribution in [0, 0.1) is 17.8 Å². The first-order valence-electron chi connectivity index (χ1n) is 3.98. The summed E-state index contributed by atoms with van der Waals surface area (Å²) in [7, 11) is 0. The Kier molecular flexibility index (Phi) is 1.45. The van der Waals surface area contributed by atoms with E-state index in [-0.39, 0.29) is 0 Å². The summed E-state index contributed by atoms with van der Waals surface area (Å²) in [4.78, 5) is 0. The van der Waals surface area contributed by atoms with Gasteiger partial charge in [-0.05, 0) is 30.6 Å². The third-order valence-corrected chi connectivity index (χ3v) is 3.52. The molecule has 0 nitrogen and oxygen atoms in total. The van der Waals surface area contributed by atoms with Gasteiger partial charge in [0, 0.05) is 5.88 Å². The summed E-state index contributed by atoms with van der Waals surface area (Å²) in [6, 6.07) is 0. The van der Waals surface area contributed by atoms with Gasteiger partial charge in [0.05, 0.1) is 0 Å². The van der Waals surface area contributed by atoms with E-state index in [2.05, 4.69) is 0 Å². The topological polar surface area (TPSA) is 0 Å². The van der Waals surface area contributed by atoms with Crippen molar-refractivity contribution >= 4 is 11.6 Å². The van der Waals surface area contributed by atoms with E-state index >= 15 is 0 Å². The molecular weight excluding hydrogens is 132 g/mol. The van der Waals surface area contributed by atoms with E-state index in [9.17, 15) is 0 Å². The van der Waals surface area contributed by atoms with Crippen LogP contribution < -0.4 is 0 Å². The predicted molar refractivity (Wildman–Crippen MR) is 39.7 cm³/mol. The van der Waals surface area contributed by atoms with Crippen molar-refractivity contribution in [2.45, 2.75) is 25.7 Å². The van der Waals surface area contributed by atoms with Crippen LogP contribution in [0.3, 0.4) is 0 Å². The standard InChI is InChI=1S/C8H13Cl/c9-5-7-4-6-2-1-3-8(6)7/h6-8H,1-5H2. The van der Waals surface area contributed by atoms with E-state index in [1.807, 2.05) is 0 Å². The van der Waals surface area contributed by atoms with Gasteiger partial charge in [0.2, 0.25) is 0 Å². The maximum Gasteiger partial charge on any atom is 0.0254 e. The van der Waals surface area contributed by atoms with Crippen LogP contribution in [0.2, 0.25) is 0 Å². The molecular formula is C8H13Cl. The van der Waals surface area contributed by atoms with Crippen LogP contribution >= 0.6 is 11.6 Å². The van der Waals surface area contributed by atoms with Gasteiger partial charge >= 0.3 is 0 Å². The Balaban J connectivity index is 1.93. The zero-order valence-corrected chi connectivity index (χ0v) is 6.40. The fourth-order valence-corrected chi connectivity index (χ4v) is 2.88. The van der Waals surface area contributed by atoms with Gasteiger partial charge in [-0.1, -0.05) is 12.8 Å². The summed E-state index contributed by atoms with van der Waals surface area (Å²) in [5.41, 5.74) is 0. The van der Waals surface area contributed by atoms with Gasteiger partial charge in [-0.2, -0.15) is 0 Å². The quantitative estimate of drug-likeness (QED) is 0.497. The summed E-state index contributed by atoms with van der Waals surface area (Å²) in [6.45, 7) is 0. The smallest absolute Gasteiger partial charge is 0.0254 e. The summed E-state index contributed by atoms with van der Waals surface area (Å²) >= 11 is 5.77. The molecule has 0 amide bonds. The van der Waals surface area contributed by atoms with Crippen LogP contribution in [-0.2, 0) is 0 Å². The Morgan fingerprint density at radius 3 is 2.89 bits per heavy atom. The Hall–Kier alpha value is 0.290. The molecule has 2 aliphatic rings. The predicted octanol–water partition coefficient (Wildman–Crippen LogP) is 2.66. The van der Waals surface area contributed by atoms with E-state index in [0.29, 0.717) is 0 Å². The highest BCUT2D eigenvalue weighted by atomic mass is 35.5. The zero-order valence-electron chi connectivity index (χ0n) is 5.65. The first-order chi connectivity index (χ1) is 4.42. The SMILES string of the molecule is ClCC1CC2CCCC12. The minimum absolute atomic E-state index is 0.902. The molecule has 0 radical (unpaired) electrons. The zero-order chi connectivity index (χ0) is 6.27. The molecule has 0 N–H and O–H groups in total. The van der Waals surface area contributed by atoms with Crippen molar-refractivity contribution < 1.29 is 0 Å². The van der Waals surface area contributed by atoms with Crippen molar-refractivity contribution in [1.82, 2.24) is 0 Å². The first kappa shape index (κ1) is 6.03. The molecule has 52 valence electrons. The Bertz CT molecular complexity index is 111. The third-order valence-electron chi connectivity index (χ3n) is 3.13. The van der Waals surface area contributed by atoms with E-state index < -0.39 is 0 Å². The van der Waals surface area contributed by atoms with Crippen molar-refractivity contribution in [2.75, 3.05) is 5.88 Å². The summed E-state index contributed by atoms with van der Waals surface area (Å²) in [6.07, 6.45) is 5.89. The lowest BCUT2D eigenvalue weighted by Crippen LogP contribution is -2.33. The average molecular weight is 145 g/mol. The second-order valence-electron chi connectivity index (χ2n) is 3.50. The highest BCUT2D eigenvalue weighted by Crippen LogP contribution is 2.51. The largest absolute Gasteiger partial charge is 0.126 e. The van der Waals surface area contributed by atoms with Gasteiger partial charge < -0.3 is 0 Å². The van der Waals surface area contributed by atoms with Crippen LogP contribution in [0.25, 0.3) is 0 Å². The molecule has 0 spiro atoms. The molecule has 1 heteroatoms. The minimum atomic E-state index is 0.902. The summed E-state index contributed by atoms with van der Waals surface area (Å²) < 4.78 is 0. The molecule has 3 unspecified atom stereocenters. The Morgan fingerprint density at radius 1 is 1.33 bits per heavy atom. The highest BCUT2D eigenvalue weighted by molar-refractivity contribution is 6.18. The number of fused-ring (bicyclic) bond motifs is 1. The third kappa shape index (κ3) is 0.797. The second kappa shape index (κ2) is 2.16. The number of hydrogen-bond acceptors (Lipinski definition) is 0. The second-order valence-corrected chi connectivity index (χ2v) is 3.81. The van der Waals surface area contributed by atoms with Crippen molar-refractivity contribution in [3.63, 3.8) is 0 Å². The molecule has 0 aromatic rings. The number of alkyl halides is 1. The molecule has 3 atom stereocenters. The summed E-state index contributed by atoms with van der Waals surface area (Å²) in [5.74, 6) is 3.96. The van der Waals surface area contributed by atoms with Gasteiger partial charge in [-0.3, -0.25) is 0 Å². The Morgan fingerprint density at radius 2 is 2.22 bits per heavy atom. The monoisotopic (exact) mass is 144 g/mol.